The highest BCUT2D eigenvalue weighted by Crippen LogP contribution is 2.15. The van der Waals surface area contributed by atoms with Crippen LogP contribution in [0.3, 0.4) is 0 Å². The smallest absolute Gasteiger partial charge is 0.137 e. The lowest BCUT2D eigenvalue weighted by molar-refractivity contribution is -0.112. The second-order valence-electron chi connectivity index (χ2n) is 4.15. The van der Waals surface area contributed by atoms with Gasteiger partial charge in [-0.1, -0.05) is 33.1 Å². The van der Waals surface area contributed by atoms with Crippen LogP contribution in [0.1, 0.15) is 39.5 Å². The Morgan fingerprint density at radius 3 is 2.38 bits per heavy atom. The number of likely N-dealkylation sites (N-methyl/N-ethyl adjacent to an activating group) is 1. The van der Waals surface area contributed by atoms with E-state index in [2.05, 4.69) is 13.8 Å². The number of hydrogen-bond donors (Lipinski definition) is 0. The molecule has 2 atom stereocenters. The first kappa shape index (κ1) is 12.6. The van der Waals surface area contributed by atoms with Gasteiger partial charge in [0, 0.05) is 0 Å². The van der Waals surface area contributed by atoms with Crippen LogP contribution in [0.15, 0.2) is 0 Å². The predicted octanol–water partition coefficient (Wildman–Crippen LogP) is 2.33. The van der Waals surface area contributed by atoms with Gasteiger partial charge in [0.05, 0.1) is 6.04 Å². The Balaban J connectivity index is 3.72. The van der Waals surface area contributed by atoms with E-state index in [-0.39, 0.29) is 6.04 Å². The fourth-order valence-electron chi connectivity index (χ4n) is 1.47. The lowest BCUT2D eigenvalue weighted by Crippen LogP contribution is -2.30. The van der Waals surface area contributed by atoms with Crippen LogP contribution in [-0.4, -0.2) is 31.3 Å². The van der Waals surface area contributed by atoms with Gasteiger partial charge in [0.1, 0.15) is 6.29 Å². The van der Waals surface area contributed by atoms with Crippen molar-refractivity contribution in [1.82, 2.24) is 4.90 Å². The van der Waals surface area contributed by atoms with E-state index in [0.29, 0.717) is 5.92 Å². The molecule has 2 nitrogen and oxygen atoms in total. The largest absolute Gasteiger partial charge is 0.302 e. The Labute approximate surface area is 82.3 Å². The molecule has 0 aliphatic rings. The lowest BCUT2D eigenvalue weighted by Gasteiger charge is -2.21. The van der Waals surface area contributed by atoms with Crippen LogP contribution in [0.5, 0.6) is 0 Å². The Morgan fingerprint density at radius 2 is 2.00 bits per heavy atom. The SMILES string of the molecule is CCCCC(C)CC(C=O)N(C)C. The van der Waals surface area contributed by atoms with Gasteiger partial charge in [0.2, 0.25) is 0 Å². The predicted molar refractivity (Wildman–Crippen MR) is 56.8 cm³/mol. The van der Waals surface area contributed by atoms with Crippen LogP contribution in [0, 0.1) is 5.92 Å². The van der Waals surface area contributed by atoms with E-state index >= 15 is 0 Å². The third-order valence-corrected chi connectivity index (χ3v) is 2.51. The first-order valence-electron chi connectivity index (χ1n) is 5.23. The quantitative estimate of drug-likeness (QED) is 0.567. The zero-order valence-corrected chi connectivity index (χ0v) is 9.42. The molecule has 0 N–H and O–H groups in total. The molecule has 78 valence electrons. The van der Waals surface area contributed by atoms with Gasteiger partial charge in [-0.15, -0.1) is 0 Å². The van der Waals surface area contributed by atoms with Crippen molar-refractivity contribution in [2.24, 2.45) is 5.92 Å². The second kappa shape index (κ2) is 7.07. The van der Waals surface area contributed by atoms with E-state index in [4.69, 9.17) is 0 Å². The van der Waals surface area contributed by atoms with Crippen LogP contribution < -0.4 is 0 Å². The number of carbonyl (C=O) groups is 1. The van der Waals surface area contributed by atoms with Gasteiger partial charge in [-0.3, -0.25) is 4.90 Å². The molecule has 0 aliphatic carbocycles. The standard InChI is InChI=1S/C11H23NO/c1-5-6-7-10(2)8-11(9-13)12(3)4/h9-11H,5-8H2,1-4H3. The molecule has 0 rings (SSSR count). The molecule has 0 amide bonds. The van der Waals surface area contributed by atoms with Crippen LogP contribution in [0.25, 0.3) is 0 Å². The molecule has 0 saturated heterocycles. The van der Waals surface area contributed by atoms with Gasteiger partial charge in [0.25, 0.3) is 0 Å². The summed E-state index contributed by atoms with van der Waals surface area (Å²) in [5.41, 5.74) is 0. The minimum absolute atomic E-state index is 0.104. The number of hydrogen-bond acceptors (Lipinski definition) is 2. The minimum atomic E-state index is 0.104. The highest BCUT2D eigenvalue weighted by atomic mass is 16.1. The van der Waals surface area contributed by atoms with Gasteiger partial charge in [-0.25, -0.2) is 0 Å². The van der Waals surface area contributed by atoms with Crippen molar-refractivity contribution in [3.05, 3.63) is 0 Å². The Hall–Kier alpha value is -0.370. The maximum Gasteiger partial charge on any atom is 0.137 e. The second-order valence-corrected chi connectivity index (χ2v) is 4.15. The van der Waals surface area contributed by atoms with Crippen LogP contribution in [-0.2, 0) is 4.79 Å². The van der Waals surface area contributed by atoms with E-state index < -0.39 is 0 Å². The van der Waals surface area contributed by atoms with Crippen LogP contribution in [0.2, 0.25) is 0 Å². The molecule has 13 heavy (non-hydrogen) atoms. The summed E-state index contributed by atoms with van der Waals surface area (Å²) in [6.45, 7) is 4.44. The molecule has 2 heteroatoms. The third kappa shape index (κ3) is 5.81. The van der Waals surface area contributed by atoms with Crippen LogP contribution >= 0.6 is 0 Å². The maximum atomic E-state index is 10.7. The van der Waals surface area contributed by atoms with E-state index in [9.17, 15) is 4.79 Å². The molecule has 0 aromatic carbocycles. The summed E-state index contributed by atoms with van der Waals surface area (Å²) >= 11 is 0. The summed E-state index contributed by atoms with van der Waals surface area (Å²) < 4.78 is 0. The van der Waals surface area contributed by atoms with Gasteiger partial charge in [0.15, 0.2) is 0 Å². The maximum absolute atomic E-state index is 10.7. The van der Waals surface area contributed by atoms with Crippen molar-refractivity contribution in [3.63, 3.8) is 0 Å². The van der Waals surface area contributed by atoms with Gasteiger partial charge >= 0.3 is 0 Å². The Kier molecular flexibility index (Phi) is 6.87. The lowest BCUT2D eigenvalue weighted by atomic mass is 9.96. The molecule has 0 spiro atoms. The minimum Gasteiger partial charge on any atom is -0.302 e. The zero-order chi connectivity index (χ0) is 10.3. The molecule has 0 aromatic heterocycles. The van der Waals surface area contributed by atoms with E-state index in [1.54, 1.807) is 0 Å². The molecule has 2 unspecified atom stereocenters. The van der Waals surface area contributed by atoms with Crippen molar-refractivity contribution < 1.29 is 4.79 Å². The van der Waals surface area contributed by atoms with Crippen molar-refractivity contribution in [3.8, 4) is 0 Å². The average Bonchev–Trinajstić information content (AvgIpc) is 2.10. The summed E-state index contributed by atoms with van der Waals surface area (Å²) in [7, 11) is 3.93. The van der Waals surface area contributed by atoms with Gasteiger partial charge < -0.3 is 4.79 Å². The van der Waals surface area contributed by atoms with Crippen molar-refractivity contribution in [2.45, 2.75) is 45.6 Å². The third-order valence-electron chi connectivity index (χ3n) is 2.51. The topological polar surface area (TPSA) is 20.3 Å². The number of unbranched alkanes of at least 4 members (excludes halogenated alkanes) is 1. The molecule has 0 heterocycles. The zero-order valence-electron chi connectivity index (χ0n) is 9.42. The van der Waals surface area contributed by atoms with Gasteiger partial charge in [-0.05, 0) is 26.4 Å². The number of nitrogens with zero attached hydrogens (tertiary/aromatic N) is 1. The summed E-state index contributed by atoms with van der Waals surface area (Å²) in [5, 5.41) is 0. The van der Waals surface area contributed by atoms with Crippen LogP contribution in [0.4, 0.5) is 0 Å². The van der Waals surface area contributed by atoms with E-state index in [1.807, 2.05) is 19.0 Å². The normalized spacial score (nSPS) is 15.8. The summed E-state index contributed by atoms with van der Waals surface area (Å²) in [4.78, 5) is 12.7. The molecule has 0 aliphatic heterocycles. The highest BCUT2D eigenvalue weighted by Gasteiger charge is 2.13. The first-order valence-corrected chi connectivity index (χ1v) is 5.23. The first-order chi connectivity index (χ1) is 6.11. The molecule has 0 radical (unpaired) electrons. The van der Waals surface area contributed by atoms with Crippen molar-refractivity contribution >= 4 is 6.29 Å². The van der Waals surface area contributed by atoms with Crippen molar-refractivity contribution in [2.75, 3.05) is 14.1 Å². The monoisotopic (exact) mass is 185 g/mol. The molecule has 0 fully saturated rings. The number of rotatable bonds is 7. The Morgan fingerprint density at radius 1 is 1.38 bits per heavy atom. The summed E-state index contributed by atoms with van der Waals surface area (Å²) in [5.74, 6) is 0.664. The fraction of sp³-hybridized carbons (Fsp3) is 0.909. The summed E-state index contributed by atoms with van der Waals surface area (Å²) in [6, 6.07) is 0.104. The number of carbonyl (C=O) groups excluding carboxylic acids is 1. The van der Waals surface area contributed by atoms with Gasteiger partial charge in [-0.2, -0.15) is 0 Å². The molecular formula is C11H23NO. The Bertz CT molecular complexity index is 134. The highest BCUT2D eigenvalue weighted by molar-refractivity contribution is 5.57. The molecule has 0 bridgehead atoms. The molecular weight excluding hydrogens is 162 g/mol. The average molecular weight is 185 g/mol. The van der Waals surface area contributed by atoms with Crippen molar-refractivity contribution in [1.29, 1.82) is 0 Å². The molecule has 0 aromatic rings. The fourth-order valence-corrected chi connectivity index (χ4v) is 1.47. The summed E-state index contributed by atoms with van der Waals surface area (Å²) in [6.07, 6.45) is 5.83. The molecule has 0 saturated carbocycles. The number of aldehydes is 1. The van der Waals surface area contributed by atoms with E-state index in [0.717, 1.165) is 12.7 Å². The van der Waals surface area contributed by atoms with E-state index in [1.165, 1.54) is 19.3 Å².